The third-order valence-electron chi connectivity index (χ3n) is 1.73. The van der Waals surface area contributed by atoms with Crippen LogP contribution < -0.4 is 16.6 Å². The number of hydrazine groups is 1. The highest BCUT2D eigenvalue weighted by Crippen LogP contribution is 1.92. The molecule has 6 nitrogen and oxygen atoms in total. The van der Waals surface area contributed by atoms with Gasteiger partial charge in [-0.05, 0) is 0 Å². The number of rotatable bonds is 0. The molecule has 1 aliphatic heterocycles. The predicted molar refractivity (Wildman–Crippen MR) is 41.8 cm³/mol. The lowest BCUT2D eigenvalue weighted by molar-refractivity contribution is -0.146. The van der Waals surface area contributed by atoms with Gasteiger partial charge in [-0.3, -0.25) is 15.0 Å². The number of carbonyl (C=O) groups excluding carboxylic acids is 2. The molecule has 1 heterocycles. The van der Waals surface area contributed by atoms with Crippen molar-refractivity contribution in [2.75, 3.05) is 26.2 Å². The third-order valence-corrected chi connectivity index (χ3v) is 1.73. The van der Waals surface area contributed by atoms with Crippen LogP contribution in [-0.4, -0.2) is 42.9 Å². The number of amides is 2. The minimum Gasteiger partial charge on any atom is -0.332 e. The fourth-order valence-electron chi connectivity index (χ4n) is 1.07. The lowest BCUT2D eigenvalue weighted by Gasteiger charge is -2.26. The molecule has 1 saturated heterocycles. The highest BCUT2D eigenvalue weighted by atomic mass is 16.2. The van der Waals surface area contributed by atoms with Crippen LogP contribution in [0.2, 0.25) is 0 Å². The van der Waals surface area contributed by atoms with E-state index in [0.29, 0.717) is 13.1 Å². The van der Waals surface area contributed by atoms with E-state index in [4.69, 9.17) is 5.84 Å². The van der Waals surface area contributed by atoms with Gasteiger partial charge < -0.3 is 10.2 Å². The summed E-state index contributed by atoms with van der Waals surface area (Å²) in [6.45, 7) is 2.58. The molecule has 68 valence electrons. The summed E-state index contributed by atoms with van der Waals surface area (Å²) in [5.41, 5.74) is 1.81. The van der Waals surface area contributed by atoms with Crippen LogP contribution in [0.25, 0.3) is 0 Å². The minimum absolute atomic E-state index is 0.556. The average Bonchev–Trinajstić information content (AvgIpc) is 2.17. The Balaban J connectivity index is 2.45. The standard InChI is InChI=1S/C6H12N4O2/c7-9-5(11)6(12)10-3-1-8-2-4-10/h8H,1-4,7H2,(H,9,11). The SMILES string of the molecule is NNC(=O)C(=O)N1CCNCC1. The summed E-state index contributed by atoms with van der Waals surface area (Å²) in [4.78, 5) is 23.4. The Morgan fingerprint density at radius 2 is 1.92 bits per heavy atom. The van der Waals surface area contributed by atoms with Crippen LogP contribution in [0.4, 0.5) is 0 Å². The van der Waals surface area contributed by atoms with E-state index >= 15 is 0 Å². The minimum atomic E-state index is -0.753. The number of nitrogens with one attached hydrogen (secondary N) is 2. The number of nitrogens with zero attached hydrogens (tertiary/aromatic N) is 1. The molecule has 1 aliphatic rings. The predicted octanol–water partition coefficient (Wildman–Crippen LogP) is -2.59. The van der Waals surface area contributed by atoms with Gasteiger partial charge in [0.15, 0.2) is 0 Å². The van der Waals surface area contributed by atoms with Gasteiger partial charge in [-0.1, -0.05) is 0 Å². The van der Waals surface area contributed by atoms with Crippen molar-refractivity contribution < 1.29 is 9.59 Å². The quantitative estimate of drug-likeness (QED) is 0.162. The van der Waals surface area contributed by atoms with Crippen LogP contribution in [0, 0.1) is 0 Å². The van der Waals surface area contributed by atoms with Crippen molar-refractivity contribution in [1.29, 1.82) is 0 Å². The average molecular weight is 172 g/mol. The van der Waals surface area contributed by atoms with Crippen LogP contribution >= 0.6 is 0 Å². The number of hydrogen-bond donors (Lipinski definition) is 3. The zero-order valence-electron chi connectivity index (χ0n) is 6.67. The van der Waals surface area contributed by atoms with E-state index in [0.717, 1.165) is 13.1 Å². The fraction of sp³-hybridized carbons (Fsp3) is 0.667. The molecule has 1 rings (SSSR count). The Morgan fingerprint density at radius 3 is 2.42 bits per heavy atom. The molecule has 1 fully saturated rings. The number of hydrogen-bond acceptors (Lipinski definition) is 4. The fourth-order valence-corrected chi connectivity index (χ4v) is 1.07. The summed E-state index contributed by atoms with van der Waals surface area (Å²) < 4.78 is 0. The van der Waals surface area contributed by atoms with Crippen molar-refractivity contribution in [1.82, 2.24) is 15.6 Å². The monoisotopic (exact) mass is 172 g/mol. The van der Waals surface area contributed by atoms with Crippen LogP contribution in [0.15, 0.2) is 0 Å². The second-order valence-electron chi connectivity index (χ2n) is 2.52. The first kappa shape index (κ1) is 8.95. The van der Waals surface area contributed by atoms with E-state index in [9.17, 15) is 9.59 Å². The van der Waals surface area contributed by atoms with Crippen molar-refractivity contribution in [3.8, 4) is 0 Å². The highest BCUT2D eigenvalue weighted by molar-refractivity contribution is 6.34. The zero-order valence-corrected chi connectivity index (χ0v) is 6.67. The molecule has 0 aromatic carbocycles. The Labute approximate surface area is 70.1 Å². The smallest absolute Gasteiger partial charge is 0.323 e. The van der Waals surface area contributed by atoms with Crippen molar-refractivity contribution in [3.05, 3.63) is 0 Å². The van der Waals surface area contributed by atoms with Crippen molar-refractivity contribution in [2.45, 2.75) is 0 Å². The molecule has 0 spiro atoms. The summed E-state index contributed by atoms with van der Waals surface area (Å²) in [7, 11) is 0. The zero-order chi connectivity index (χ0) is 8.97. The lowest BCUT2D eigenvalue weighted by Crippen LogP contribution is -2.52. The molecule has 0 bridgehead atoms. The van der Waals surface area contributed by atoms with E-state index in [1.807, 2.05) is 5.43 Å². The summed E-state index contributed by atoms with van der Waals surface area (Å²) in [5.74, 6) is 3.51. The van der Waals surface area contributed by atoms with Gasteiger partial charge >= 0.3 is 11.8 Å². The Morgan fingerprint density at radius 1 is 1.33 bits per heavy atom. The van der Waals surface area contributed by atoms with Gasteiger partial charge in [0.2, 0.25) is 0 Å². The maximum Gasteiger partial charge on any atom is 0.323 e. The largest absolute Gasteiger partial charge is 0.332 e. The number of carbonyl (C=O) groups is 2. The first-order valence-corrected chi connectivity index (χ1v) is 3.76. The molecular weight excluding hydrogens is 160 g/mol. The lowest BCUT2D eigenvalue weighted by atomic mass is 10.3. The normalized spacial score (nSPS) is 17.2. The van der Waals surface area contributed by atoms with Gasteiger partial charge in [0.1, 0.15) is 0 Å². The Kier molecular flexibility index (Phi) is 3.01. The summed E-state index contributed by atoms with van der Waals surface area (Å²) in [6, 6.07) is 0. The third kappa shape index (κ3) is 1.93. The first-order valence-electron chi connectivity index (χ1n) is 3.76. The second-order valence-corrected chi connectivity index (χ2v) is 2.52. The molecule has 0 aromatic heterocycles. The number of piperazine rings is 1. The van der Waals surface area contributed by atoms with Crippen LogP contribution in [0.1, 0.15) is 0 Å². The molecule has 0 radical (unpaired) electrons. The molecule has 0 aliphatic carbocycles. The van der Waals surface area contributed by atoms with Crippen LogP contribution in [-0.2, 0) is 9.59 Å². The maximum atomic E-state index is 11.1. The Hall–Kier alpha value is -1.14. The summed E-state index contributed by atoms with van der Waals surface area (Å²) in [5, 5.41) is 3.07. The van der Waals surface area contributed by atoms with Gasteiger partial charge in [-0.25, -0.2) is 5.84 Å². The molecule has 6 heteroatoms. The van der Waals surface area contributed by atoms with Gasteiger partial charge in [0, 0.05) is 26.2 Å². The van der Waals surface area contributed by atoms with Gasteiger partial charge in [0.25, 0.3) is 0 Å². The second kappa shape index (κ2) is 4.03. The van der Waals surface area contributed by atoms with Crippen molar-refractivity contribution in [2.24, 2.45) is 5.84 Å². The van der Waals surface area contributed by atoms with E-state index in [-0.39, 0.29) is 0 Å². The molecule has 0 atom stereocenters. The Bertz CT molecular complexity index is 188. The molecule has 2 amide bonds. The maximum absolute atomic E-state index is 11.1. The van der Waals surface area contributed by atoms with E-state index in [1.165, 1.54) is 4.90 Å². The molecule has 0 unspecified atom stereocenters. The number of nitrogens with two attached hydrogens (primary N) is 1. The van der Waals surface area contributed by atoms with E-state index in [2.05, 4.69) is 5.32 Å². The van der Waals surface area contributed by atoms with Crippen molar-refractivity contribution in [3.63, 3.8) is 0 Å². The highest BCUT2D eigenvalue weighted by Gasteiger charge is 2.21. The molecular formula is C6H12N4O2. The molecule has 0 aromatic rings. The van der Waals surface area contributed by atoms with Gasteiger partial charge in [0.05, 0.1) is 0 Å². The van der Waals surface area contributed by atoms with E-state index in [1.54, 1.807) is 0 Å². The topological polar surface area (TPSA) is 87.5 Å². The van der Waals surface area contributed by atoms with Crippen LogP contribution in [0.3, 0.4) is 0 Å². The van der Waals surface area contributed by atoms with Gasteiger partial charge in [-0.2, -0.15) is 0 Å². The molecule has 4 N–H and O–H groups in total. The van der Waals surface area contributed by atoms with E-state index < -0.39 is 11.8 Å². The van der Waals surface area contributed by atoms with Crippen molar-refractivity contribution >= 4 is 11.8 Å². The molecule has 0 saturated carbocycles. The van der Waals surface area contributed by atoms with Crippen LogP contribution in [0.5, 0.6) is 0 Å². The molecule has 12 heavy (non-hydrogen) atoms. The summed E-state index contributed by atoms with van der Waals surface area (Å²) >= 11 is 0. The summed E-state index contributed by atoms with van der Waals surface area (Å²) in [6.07, 6.45) is 0. The van der Waals surface area contributed by atoms with Gasteiger partial charge in [-0.15, -0.1) is 0 Å². The first-order chi connectivity index (χ1) is 5.75.